The molecule has 2 aliphatic rings. The Morgan fingerprint density at radius 2 is 1.85 bits per heavy atom. The van der Waals surface area contributed by atoms with Crippen molar-refractivity contribution in [2.24, 2.45) is 13.0 Å². The van der Waals surface area contributed by atoms with Crippen LogP contribution in [0.2, 0.25) is 0 Å². The van der Waals surface area contributed by atoms with Crippen LogP contribution < -0.4 is 4.74 Å². The molecule has 4 rings (SSSR count). The van der Waals surface area contributed by atoms with Gasteiger partial charge < -0.3 is 14.4 Å². The van der Waals surface area contributed by atoms with Crippen molar-refractivity contribution in [3.8, 4) is 5.75 Å². The van der Waals surface area contributed by atoms with Gasteiger partial charge in [0, 0.05) is 70.4 Å². The van der Waals surface area contributed by atoms with Gasteiger partial charge in [-0.1, -0.05) is 12.1 Å². The minimum absolute atomic E-state index is 0.0926. The number of aryl methyl sites for hydroxylation is 1. The summed E-state index contributed by atoms with van der Waals surface area (Å²) in [7, 11) is 4.06. The number of nitrogens with zero attached hydrogens (tertiary/aromatic N) is 4. The van der Waals surface area contributed by atoms with Crippen LogP contribution in [0.4, 0.5) is 0 Å². The first-order valence-corrected chi connectivity index (χ1v) is 12.1. The number of rotatable bonds is 7. The monoisotopic (exact) mass is 454 g/mol. The highest BCUT2D eigenvalue weighted by Gasteiger charge is 2.36. The fourth-order valence-corrected chi connectivity index (χ4v) is 4.99. The maximum Gasteiger partial charge on any atom is 0.225 e. The Balaban J connectivity index is 1.21. The predicted molar refractivity (Wildman–Crippen MR) is 128 cm³/mol. The van der Waals surface area contributed by atoms with Crippen molar-refractivity contribution in [1.29, 1.82) is 0 Å². The maximum absolute atomic E-state index is 13.0. The van der Waals surface area contributed by atoms with Crippen LogP contribution >= 0.6 is 0 Å². The van der Waals surface area contributed by atoms with Gasteiger partial charge in [0.15, 0.2) is 0 Å². The van der Waals surface area contributed by atoms with E-state index in [0.29, 0.717) is 12.5 Å². The maximum atomic E-state index is 13.0. The molecular formula is C26H38N4O3. The van der Waals surface area contributed by atoms with Gasteiger partial charge in [0.2, 0.25) is 5.91 Å². The summed E-state index contributed by atoms with van der Waals surface area (Å²) < 4.78 is 13.8. The molecule has 1 unspecified atom stereocenters. The number of piperidine rings is 1. The van der Waals surface area contributed by atoms with E-state index in [0.717, 1.165) is 57.6 Å². The van der Waals surface area contributed by atoms with Crippen molar-refractivity contribution >= 4 is 5.91 Å². The summed E-state index contributed by atoms with van der Waals surface area (Å²) in [6.45, 7) is 8.13. The van der Waals surface area contributed by atoms with Crippen LogP contribution in [-0.2, 0) is 29.7 Å². The molecule has 0 N–H and O–H groups in total. The first kappa shape index (κ1) is 23.8. The number of aromatic nitrogens is 2. The first-order chi connectivity index (χ1) is 15.8. The number of ether oxygens (including phenoxy) is 2. The lowest BCUT2D eigenvalue weighted by molar-refractivity contribution is -0.147. The molecule has 0 spiro atoms. The van der Waals surface area contributed by atoms with Gasteiger partial charge in [-0.05, 0) is 51.4 Å². The summed E-state index contributed by atoms with van der Waals surface area (Å²) in [5, 5.41) is 4.23. The molecule has 33 heavy (non-hydrogen) atoms. The minimum Gasteiger partial charge on any atom is -0.490 e. The lowest BCUT2D eigenvalue weighted by Gasteiger charge is -2.39. The zero-order chi connectivity index (χ0) is 23.4. The van der Waals surface area contributed by atoms with E-state index in [9.17, 15) is 4.79 Å². The first-order valence-electron chi connectivity index (χ1n) is 12.1. The average molecular weight is 455 g/mol. The SMILES string of the molecule is CN(Cc1ccc(OC2CCN(C(=O)C3CCOC(C)(C)C3)CC2)cc1)Cc1cnn(C)c1. The molecule has 180 valence electrons. The molecule has 2 saturated heterocycles. The lowest BCUT2D eigenvalue weighted by atomic mass is 9.87. The summed E-state index contributed by atoms with van der Waals surface area (Å²) >= 11 is 0. The Morgan fingerprint density at radius 3 is 2.48 bits per heavy atom. The summed E-state index contributed by atoms with van der Waals surface area (Å²) in [5.74, 6) is 1.30. The Labute approximate surface area is 197 Å². The summed E-state index contributed by atoms with van der Waals surface area (Å²) in [5.41, 5.74) is 2.28. The number of likely N-dealkylation sites (tertiary alicyclic amines) is 1. The van der Waals surface area contributed by atoms with Gasteiger partial charge in [0.25, 0.3) is 0 Å². The average Bonchev–Trinajstić information content (AvgIpc) is 3.18. The number of hydrogen-bond acceptors (Lipinski definition) is 5. The third kappa shape index (κ3) is 6.58. The van der Waals surface area contributed by atoms with Gasteiger partial charge in [0.05, 0.1) is 11.8 Å². The third-order valence-corrected chi connectivity index (χ3v) is 6.69. The molecule has 0 bridgehead atoms. The van der Waals surface area contributed by atoms with Crippen LogP contribution in [0.25, 0.3) is 0 Å². The molecule has 2 aliphatic heterocycles. The molecule has 7 heteroatoms. The molecule has 0 radical (unpaired) electrons. The molecule has 7 nitrogen and oxygen atoms in total. The standard InChI is InChI=1S/C26H38N4O3/c1-26(2)15-22(11-14-32-26)25(31)30-12-9-24(10-13-30)33-23-7-5-20(6-8-23)17-28(3)18-21-16-27-29(4)19-21/h5-8,16,19,22,24H,9-15,17-18H2,1-4H3. The van der Waals surface area contributed by atoms with Gasteiger partial charge >= 0.3 is 0 Å². The van der Waals surface area contributed by atoms with Gasteiger partial charge in [-0.2, -0.15) is 5.10 Å². The summed E-state index contributed by atoms with van der Waals surface area (Å²) in [4.78, 5) is 17.3. The van der Waals surface area contributed by atoms with E-state index >= 15 is 0 Å². The molecule has 1 amide bonds. The number of amides is 1. The fraction of sp³-hybridized carbons (Fsp3) is 0.615. The smallest absolute Gasteiger partial charge is 0.225 e. The summed E-state index contributed by atoms with van der Waals surface area (Å²) in [6.07, 6.45) is 7.54. The van der Waals surface area contributed by atoms with Crippen LogP contribution in [-0.4, -0.2) is 63.9 Å². The van der Waals surface area contributed by atoms with Gasteiger partial charge in [-0.3, -0.25) is 14.4 Å². The van der Waals surface area contributed by atoms with E-state index < -0.39 is 0 Å². The number of hydrogen-bond donors (Lipinski definition) is 0. The molecular weight excluding hydrogens is 416 g/mol. The van der Waals surface area contributed by atoms with E-state index in [1.807, 2.05) is 22.8 Å². The predicted octanol–water partition coefficient (Wildman–Crippen LogP) is 3.63. The van der Waals surface area contributed by atoms with E-state index in [1.165, 1.54) is 11.1 Å². The molecule has 2 fully saturated rings. The zero-order valence-corrected chi connectivity index (χ0v) is 20.5. The zero-order valence-electron chi connectivity index (χ0n) is 20.5. The van der Waals surface area contributed by atoms with Gasteiger partial charge in [-0.25, -0.2) is 0 Å². The van der Waals surface area contributed by atoms with E-state index in [4.69, 9.17) is 9.47 Å². The molecule has 1 aromatic heterocycles. The lowest BCUT2D eigenvalue weighted by Crippen LogP contribution is -2.47. The Bertz CT molecular complexity index is 916. The molecule has 0 saturated carbocycles. The number of carbonyl (C=O) groups excluding carboxylic acids is 1. The van der Waals surface area contributed by atoms with Crippen LogP contribution in [0.1, 0.15) is 50.7 Å². The molecule has 2 aromatic rings. The topological polar surface area (TPSA) is 59.8 Å². The van der Waals surface area contributed by atoms with Crippen LogP contribution in [0.3, 0.4) is 0 Å². The van der Waals surface area contributed by atoms with E-state index in [2.05, 4.69) is 61.4 Å². The van der Waals surface area contributed by atoms with Crippen molar-refractivity contribution in [3.63, 3.8) is 0 Å². The van der Waals surface area contributed by atoms with Crippen LogP contribution in [0.5, 0.6) is 5.75 Å². The van der Waals surface area contributed by atoms with Crippen LogP contribution in [0.15, 0.2) is 36.7 Å². The van der Waals surface area contributed by atoms with Crippen molar-refractivity contribution in [1.82, 2.24) is 19.6 Å². The second kappa shape index (κ2) is 10.3. The van der Waals surface area contributed by atoms with Gasteiger partial charge in [0.1, 0.15) is 11.9 Å². The fourth-order valence-electron chi connectivity index (χ4n) is 4.99. The number of carbonyl (C=O) groups is 1. The third-order valence-electron chi connectivity index (χ3n) is 6.69. The minimum atomic E-state index is -0.195. The van der Waals surface area contributed by atoms with Crippen molar-refractivity contribution in [2.45, 2.75) is 64.3 Å². The summed E-state index contributed by atoms with van der Waals surface area (Å²) in [6, 6.07) is 8.41. The van der Waals surface area contributed by atoms with Crippen LogP contribution in [0, 0.1) is 5.92 Å². The number of benzene rings is 1. The van der Waals surface area contributed by atoms with E-state index in [1.54, 1.807) is 0 Å². The molecule has 1 atom stereocenters. The molecule has 3 heterocycles. The highest BCUT2D eigenvalue weighted by Crippen LogP contribution is 2.31. The van der Waals surface area contributed by atoms with Gasteiger partial charge in [-0.15, -0.1) is 0 Å². The second-order valence-corrected chi connectivity index (χ2v) is 10.3. The second-order valence-electron chi connectivity index (χ2n) is 10.3. The van der Waals surface area contributed by atoms with Crippen molar-refractivity contribution in [3.05, 3.63) is 47.8 Å². The Kier molecular flexibility index (Phi) is 7.39. The van der Waals surface area contributed by atoms with E-state index in [-0.39, 0.29) is 17.6 Å². The Morgan fingerprint density at radius 1 is 1.15 bits per heavy atom. The molecule has 1 aromatic carbocycles. The van der Waals surface area contributed by atoms with Crippen molar-refractivity contribution in [2.75, 3.05) is 26.7 Å². The Hall–Kier alpha value is -2.38. The van der Waals surface area contributed by atoms with Crippen molar-refractivity contribution < 1.29 is 14.3 Å². The highest BCUT2D eigenvalue weighted by atomic mass is 16.5. The highest BCUT2D eigenvalue weighted by molar-refractivity contribution is 5.79. The molecule has 0 aliphatic carbocycles. The largest absolute Gasteiger partial charge is 0.490 e. The normalized spacial score (nSPS) is 21.4. The quantitative estimate of drug-likeness (QED) is 0.640.